The van der Waals surface area contributed by atoms with E-state index in [0.717, 1.165) is 12.1 Å². The van der Waals surface area contributed by atoms with Crippen molar-refractivity contribution in [2.24, 2.45) is 0 Å². The molecule has 0 unspecified atom stereocenters. The van der Waals surface area contributed by atoms with Crippen LogP contribution in [0.4, 0.5) is 17.6 Å². The topological polar surface area (TPSA) is 99.5 Å². The van der Waals surface area contributed by atoms with Crippen LogP contribution in [-0.4, -0.2) is 31.2 Å². The van der Waals surface area contributed by atoms with Gasteiger partial charge in [-0.15, -0.1) is 0 Å². The molecule has 0 bridgehead atoms. The lowest BCUT2D eigenvalue weighted by molar-refractivity contribution is -0.136. The molecular weight excluding hydrogens is 516 g/mol. The van der Waals surface area contributed by atoms with Crippen molar-refractivity contribution in [1.29, 1.82) is 0 Å². The van der Waals surface area contributed by atoms with Crippen molar-refractivity contribution >= 4 is 23.0 Å². The van der Waals surface area contributed by atoms with Gasteiger partial charge in [-0.25, -0.2) is 8.91 Å². The Bertz CT molecular complexity index is 1550. The van der Waals surface area contributed by atoms with E-state index in [1.807, 2.05) is 0 Å². The Labute approximate surface area is 212 Å². The third-order valence-corrected chi connectivity index (χ3v) is 6.20. The average molecular weight is 537 g/mol. The standard InChI is InChI=1S/C25H21ClF4N4O3/c1-12-10-14(6-9-16(12)26)17-11-34-20(23(36)31-17)18(25(28,29)30)19(33-34)22(35)32-21(24(2,3)37)13-4-7-15(27)8-5-13/h4-11,21,37H,1-3H3,(H,31,36)(H,32,35)/t21-/m0/s1. The Morgan fingerprint density at radius 2 is 1.81 bits per heavy atom. The van der Waals surface area contributed by atoms with Gasteiger partial charge in [0.1, 0.15) is 16.9 Å². The summed E-state index contributed by atoms with van der Waals surface area (Å²) in [7, 11) is 0. The largest absolute Gasteiger partial charge is 0.421 e. The van der Waals surface area contributed by atoms with Crippen molar-refractivity contribution in [3.8, 4) is 11.3 Å². The number of alkyl halides is 3. The first-order chi connectivity index (χ1) is 17.2. The van der Waals surface area contributed by atoms with Gasteiger partial charge in [-0.05, 0) is 61.7 Å². The van der Waals surface area contributed by atoms with Crippen molar-refractivity contribution in [3.63, 3.8) is 0 Å². The van der Waals surface area contributed by atoms with Crippen LogP contribution in [0.25, 0.3) is 16.8 Å². The van der Waals surface area contributed by atoms with E-state index < -0.39 is 51.9 Å². The summed E-state index contributed by atoms with van der Waals surface area (Å²) < 4.78 is 56.4. The monoisotopic (exact) mass is 536 g/mol. The molecule has 0 saturated carbocycles. The summed E-state index contributed by atoms with van der Waals surface area (Å²) in [5, 5.41) is 17.2. The molecule has 4 aromatic rings. The van der Waals surface area contributed by atoms with Crippen LogP contribution in [0, 0.1) is 12.7 Å². The first-order valence-electron chi connectivity index (χ1n) is 10.9. The van der Waals surface area contributed by atoms with Gasteiger partial charge in [0.25, 0.3) is 11.5 Å². The van der Waals surface area contributed by atoms with Crippen LogP contribution in [0.2, 0.25) is 5.02 Å². The number of nitrogens with one attached hydrogen (secondary N) is 2. The van der Waals surface area contributed by atoms with E-state index in [4.69, 9.17) is 11.6 Å². The SMILES string of the molecule is Cc1cc(-c2cn3nc(C(=O)N[C@@H](c4ccc(F)cc4)C(C)(C)O)c(C(F)(F)F)c3c(=O)[nH]2)ccc1Cl. The summed E-state index contributed by atoms with van der Waals surface area (Å²) in [6, 6.07) is 8.32. The molecule has 7 nitrogen and oxygen atoms in total. The number of H-pyrrole nitrogens is 1. The lowest BCUT2D eigenvalue weighted by Gasteiger charge is -2.30. The molecule has 3 N–H and O–H groups in total. The summed E-state index contributed by atoms with van der Waals surface area (Å²) in [5.41, 5.74) is -4.67. The van der Waals surface area contributed by atoms with Gasteiger partial charge in [0, 0.05) is 5.02 Å². The quantitative estimate of drug-likeness (QED) is 0.311. The molecule has 0 fully saturated rings. The Morgan fingerprint density at radius 1 is 1.16 bits per heavy atom. The number of carbonyl (C=O) groups is 1. The van der Waals surface area contributed by atoms with Crippen LogP contribution in [-0.2, 0) is 6.18 Å². The van der Waals surface area contributed by atoms with Gasteiger partial charge < -0.3 is 15.4 Å². The molecule has 194 valence electrons. The van der Waals surface area contributed by atoms with E-state index in [9.17, 15) is 32.3 Å². The van der Waals surface area contributed by atoms with Crippen molar-refractivity contribution in [1.82, 2.24) is 19.9 Å². The summed E-state index contributed by atoms with van der Waals surface area (Å²) >= 11 is 6.03. The molecule has 1 atom stereocenters. The van der Waals surface area contributed by atoms with Crippen LogP contribution >= 0.6 is 11.6 Å². The zero-order valence-corrected chi connectivity index (χ0v) is 20.5. The molecule has 2 aromatic carbocycles. The maximum Gasteiger partial charge on any atom is 0.421 e. The van der Waals surface area contributed by atoms with Crippen molar-refractivity contribution in [2.75, 3.05) is 0 Å². The molecule has 4 rings (SSSR count). The van der Waals surface area contributed by atoms with Crippen LogP contribution in [0.1, 0.15) is 47.1 Å². The molecule has 0 saturated heterocycles. The molecule has 0 spiro atoms. The van der Waals surface area contributed by atoms with Crippen molar-refractivity contribution in [3.05, 3.63) is 92.2 Å². The fourth-order valence-corrected chi connectivity index (χ4v) is 4.11. The first kappa shape index (κ1) is 26.4. The van der Waals surface area contributed by atoms with E-state index in [2.05, 4.69) is 15.4 Å². The molecule has 0 aliphatic heterocycles. The maximum absolute atomic E-state index is 14.1. The van der Waals surface area contributed by atoms with Crippen molar-refractivity contribution < 1.29 is 27.5 Å². The fourth-order valence-electron chi connectivity index (χ4n) is 3.99. The highest BCUT2D eigenvalue weighted by molar-refractivity contribution is 6.31. The number of hydrogen-bond acceptors (Lipinski definition) is 4. The predicted octanol–water partition coefficient (Wildman–Crippen LogP) is 5.05. The Balaban J connectivity index is 1.84. The lowest BCUT2D eigenvalue weighted by Crippen LogP contribution is -2.42. The number of aliphatic hydroxyl groups is 1. The normalized spacial score (nSPS) is 13.1. The molecule has 37 heavy (non-hydrogen) atoms. The number of aromatic amines is 1. The summed E-state index contributed by atoms with van der Waals surface area (Å²) in [6.07, 6.45) is -3.95. The second-order valence-electron chi connectivity index (χ2n) is 9.09. The zero-order chi connectivity index (χ0) is 27.3. The van der Waals surface area contributed by atoms with Gasteiger partial charge in [-0.1, -0.05) is 29.8 Å². The molecule has 2 heterocycles. The molecule has 0 radical (unpaired) electrons. The van der Waals surface area contributed by atoms with Crippen LogP contribution in [0.3, 0.4) is 0 Å². The predicted molar refractivity (Wildman–Crippen MR) is 129 cm³/mol. The number of nitrogens with zero attached hydrogens (tertiary/aromatic N) is 2. The molecule has 0 aliphatic rings. The summed E-state index contributed by atoms with van der Waals surface area (Å²) in [5.74, 6) is -1.86. The highest BCUT2D eigenvalue weighted by atomic mass is 35.5. The number of rotatable bonds is 5. The minimum absolute atomic E-state index is 0.154. The number of carbonyl (C=O) groups excluding carboxylic acids is 1. The summed E-state index contributed by atoms with van der Waals surface area (Å²) in [4.78, 5) is 28.3. The van der Waals surface area contributed by atoms with E-state index in [1.165, 1.54) is 32.2 Å². The molecule has 0 aliphatic carbocycles. The van der Waals surface area contributed by atoms with Gasteiger partial charge in [0.2, 0.25) is 0 Å². The average Bonchev–Trinajstić information content (AvgIpc) is 3.20. The Morgan fingerprint density at radius 3 is 2.38 bits per heavy atom. The van der Waals surface area contributed by atoms with E-state index in [1.54, 1.807) is 25.1 Å². The molecule has 1 amide bonds. The van der Waals surface area contributed by atoms with Gasteiger partial charge in [0.05, 0.1) is 23.5 Å². The minimum Gasteiger partial charge on any atom is -0.388 e. The van der Waals surface area contributed by atoms with E-state index in [-0.39, 0.29) is 11.3 Å². The number of hydrogen-bond donors (Lipinski definition) is 3. The highest BCUT2D eigenvalue weighted by Crippen LogP contribution is 2.35. The van der Waals surface area contributed by atoms with Crippen molar-refractivity contribution in [2.45, 2.75) is 38.6 Å². The first-order valence-corrected chi connectivity index (χ1v) is 11.3. The molecule has 12 heteroatoms. The fraction of sp³-hybridized carbons (Fsp3) is 0.240. The van der Waals surface area contributed by atoms with Crippen LogP contribution < -0.4 is 10.9 Å². The smallest absolute Gasteiger partial charge is 0.388 e. The van der Waals surface area contributed by atoms with Crippen LogP contribution in [0.15, 0.2) is 53.5 Å². The number of aromatic nitrogens is 3. The van der Waals surface area contributed by atoms with E-state index >= 15 is 0 Å². The molecule has 2 aromatic heterocycles. The number of aryl methyl sites for hydroxylation is 1. The molecular formula is C25H21ClF4N4O3. The number of amides is 1. The second-order valence-corrected chi connectivity index (χ2v) is 9.49. The maximum atomic E-state index is 14.1. The van der Waals surface area contributed by atoms with E-state index in [0.29, 0.717) is 20.7 Å². The number of fused-ring (bicyclic) bond motifs is 1. The second kappa shape index (κ2) is 9.31. The summed E-state index contributed by atoms with van der Waals surface area (Å²) in [6.45, 7) is 4.39. The van der Waals surface area contributed by atoms with Gasteiger partial charge in [0.15, 0.2) is 5.69 Å². The Kier molecular flexibility index (Phi) is 6.63. The third-order valence-electron chi connectivity index (χ3n) is 5.78. The number of halogens is 5. The van der Waals surface area contributed by atoms with Gasteiger partial charge in [-0.2, -0.15) is 18.3 Å². The zero-order valence-electron chi connectivity index (χ0n) is 19.7. The highest BCUT2D eigenvalue weighted by Gasteiger charge is 2.42. The Hall–Kier alpha value is -3.70. The lowest BCUT2D eigenvalue weighted by atomic mass is 9.91. The number of benzene rings is 2. The van der Waals surface area contributed by atoms with Crippen LogP contribution in [0.5, 0.6) is 0 Å². The van der Waals surface area contributed by atoms with Gasteiger partial charge in [-0.3, -0.25) is 9.59 Å². The van der Waals surface area contributed by atoms with Gasteiger partial charge >= 0.3 is 6.18 Å². The minimum atomic E-state index is -5.11. The third kappa shape index (κ3) is 5.23.